The number of alkyl halides is 3. The molecule has 9 heteroatoms. The molecule has 0 aliphatic rings. The van der Waals surface area contributed by atoms with Crippen LogP contribution in [0.1, 0.15) is 43.1 Å². The summed E-state index contributed by atoms with van der Waals surface area (Å²) in [5, 5.41) is 23.8. The fourth-order valence-corrected chi connectivity index (χ4v) is 3.15. The minimum Gasteiger partial charge on any atom is -0.496 e. The number of hydrogen-bond donors (Lipinski definition) is 4. The van der Waals surface area contributed by atoms with Gasteiger partial charge in [-0.3, -0.25) is 10.1 Å². The van der Waals surface area contributed by atoms with Crippen LogP contribution in [0.5, 0.6) is 5.75 Å². The Morgan fingerprint density at radius 1 is 1.24 bits per heavy atom. The Bertz CT molecular complexity index is 929. The number of nitrogens with one attached hydrogen (secondary N) is 2. The third-order valence-corrected chi connectivity index (χ3v) is 4.48. The van der Waals surface area contributed by atoms with Crippen LogP contribution in [-0.2, 0) is 11.3 Å². The highest BCUT2D eigenvalue weighted by atomic mass is 19.4. The summed E-state index contributed by atoms with van der Waals surface area (Å²) < 4.78 is 43.0. The Morgan fingerprint density at radius 2 is 1.82 bits per heavy atom. The first-order valence-electron chi connectivity index (χ1n) is 10.4. The lowest BCUT2D eigenvalue weighted by molar-refractivity contribution is -0.116. The summed E-state index contributed by atoms with van der Waals surface area (Å²) in [4.78, 5) is 11.6. The molecule has 0 fully saturated rings. The summed E-state index contributed by atoms with van der Waals surface area (Å²) in [5.41, 5.74) is 2.57. The third-order valence-electron chi connectivity index (χ3n) is 4.48. The van der Waals surface area contributed by atoms with Crippen LogP contribution in [-0.4, -0.2) is 36.1 Å². The summed E-state index contributed by atoms with van der Waals surface area (Å²) in [6.07, 6.45) is -3.44. The highest BCUT2D eigenvalue weighted by molar-refractivity contribution is 5.87. The van der Waals surface area contributed by atoms with Crippen LogP contribution in [0.2, 0.25) is 0 Å². The van der Waals surface area contributed by atoms with Crippen LogP contribution >= 0.6 is 0 Å². The van der Waals surface area contributed by atoms with Crippen molar-refractivity contribution < 1.29 is 32.9 Å². The maximum atomic E-state index is 12.5. The number of hydrogen-bond acceptors (Lipinski definition) is 5. The molecular formula is C24H31F3N2O4. The second-order valence-corrected chi connectivity index (χ2v) is 7.18. The number of aliphatic hydroxyl groups excluding tert-OH is 2. The van der Waals surface area contributed by atoms with Gasteiger partial charge in [-0.2, -0.15) is 13.2 Å². The number of amides is 1. The lowest BCUT2D eigenvalue weighted by atomic mass is 9.90. The van der Waals surface area contributed by atoms with Gasteiger partial charge in [-0.15, -0.1) is 0 Å². The average Bonchev–Trinajstić information content (AvgIpc) is 2.77. The molecule has 1 unspecified atom stereocenters. The van der Waals surface area contributed by atoms with Gasteiger partial charge in [0.1, 0.15) is 11.9 Å². The van der Waals surface area contributed by atoms with Gasteiger partial charge in [0.25, 0.3) is 0 Å². The predicted molar refractivity (Wildman–Crippen MR) is 123 cm³/mol. The molecule has 0 aliphatic carbocycles. The van der Waals surface area contributed by atoms with Gasteiger partial charge in [0.15, 0.2) is 0 Å². The van der Waals surface area contributed by atoms with E-state index in [0.29, 0.717) is 33.6 Å². The van der Waals surface area contributed by atoms with E-state index in [2.05, 4.69) is 25.7 Å². The summed E-state index contributed by atoms with van der Waals surface area (Å²) in [5.74, 6) is -0.113. The number of ether oxygens (including phenoxy) is 1. The van der Waals surface area contributed by atoms with Crippen LogP contribution < -0.4 is 15.4 Å². The van der Waals surface area contributed by atoms with Crippen molar-refractivity contribution in [3.05, 3.63) is 59.7 Å². The van der Waals surface area contributed by atoms with E-state index >= 15 is 0 Å². The predicted octanol–water partition coefficient (Wildman–Crippen LogP) is 4.85. The molecule has 1 amide bonds. The molecule has 2 rings (SSSR count). The molecule has 2 aromatic rings. The van der Waals surface area contributed by atoms with E-state index in [1.807, 2.05) is 0 Å². The summed E-state index contributed by atoms with van der Waals surface area (Å²) >= 11 is 0. The van der Waals surface area contributed by atoms with Gasteiger partial charge in [0, 0.05) is 17.8 Å². The van der Waals surface area contributed by atoms with Crippen LogP contribution in [0.4, 0.5) is 18.9 Å². The SMILES string of the molecule is C=CC(=O)NCc1cc(-c2ccc(NC(F)(F)F)cc2)c(C)c(OC)c1C(O)CO.CCC. The number of rotatable bonds is 8. The Balaban J connectivity index is 0.00000172. The smallest absolute Gasteiger partial charge is 0.482 e. The Kier molecular flexibility index (Phi) is 10.9. The van der Waals surface area contributed by atoms with Crippen molar-refractivity contribution in [2.45, 2.75) is 46.1 Å². The fraction of sp³-hybridized carbons (Fsp3) is 0.375. The molecule has 2 aromatic carbocycles. The molecule has 0 saturated heterocycles. The van der Waals surface area contributed by atoms with Crippen molar-refractivity contribution in [1.29, 1.82) is 0 Å². The lowest BCUT2D eigenvalue weighted by Crippen LogP contribution is -2.22. The van der Waals surface area contributed by atoms with E-state index in [0.717, 1.165) is 6.08 Å². The van der Waals surface area contributed by atoms with Crippen LogP contribution in [0.15, 0.2) is 43.0 Å². The second kappa shape index (κ2) is 12.9. The topological polar surface area (TPSA) is 90.8 Å². The van der Waals surface area contributed by atoms with Crippen molar-refractivity contribution in [3.8, 4) is 16.9 Å². The zero-order chi connectivity index (χ0) is 25.2. The summed E-state index contributed by atoms with van der Waals surface area (Å²) in [6, 6.07) is 7.32. The number of benzene rings is 2. The van der Waals surface area contributed by atoms with E-state index < -0.39 is 24.9 Å². The standard InChI is InChI=1S/C21H23F3N2O4.C3H8/c1-4-18(29)25-10-14-9-16(12(2)20(30-3)19(14)17(28)11-27)13-5-7-15(8-6-13)26-21(22,23)24;1-3-2/h4-9,17,26-28H,1,10-11H2,2-3H3,(H,25,29);3H2,1-2H3. The fourth-order valence-electron chi connectivity index (χ4n) is 3.15. The maximum Gasteiger partial charge on any atom is 0.482 e. The number of methoxy groups -OCH3 is 1. The molecule has 6 nitrogen and oxygen atoms in total. The number of anilines is 1. The van der Waals surface area contributed by atoms with Gasteiger partial charge < -0.3 is 20.3 Å². The second-order valence-electron chi connectivity index (χ2n) is 7.18. The van der Waals surface area contributed by atoms with Gasteiger partial charge >= 0.3 is 6.30 Å². The van der Waals surface area contributed by atoms with Crippen molar-refractivity contribution in [2.75, 3.05) is 19.0 Å². The zero-order valence-corrected chi connectivity index (χ0v) is 19.2. The Labute approximate surface area is 192 Å². The number of aliphatic hydroxyl groups is 2. The van der Waals surface area contributed by atoms with Crippen molar-refractivity contribution in [3.63, 3.8) is 0 Å². The lowest BCUT2D eigenvalue weighted by Gasteiger charge is -2.22. The van der Waals surface area contributed by atoms with Gasteiger partial charge in [-0.1, -0.05) is 39.0 Å². The van der Waals surface area contributed by atoms with Crippen LogP contribution in [0, 0.1) is 6.92 Å². The first kappa shape index (κ1) is 28.0. The molecule has 4 N–H and O–H groups in total. The first-order chi connectivity index (χ1) is 15.5. The van der Waals surface area contributed by atoms with Gasteiger partial charge in [-0.05, 0) is 53.5 Å². The van der Waals surface area contributed by atoms with Crippen molar-refractivity contribution in [1.82, 2.24) is 5.32 Å². The van der Waals surface area contributed by atoms with Gasteiger partial charge in [0.2, 0.25) is 5.91 Å². The minimum atomic E-state index is -4.54. The van der Waals surface area contributed by atoms with E-state index in [1.165, 1.54) is 43.1 Å². The molecule has 1 atom stereocenters. The van der Waals surface area contributed by atoms with E-state index in [1.54, 1.807) is 13.0 Å². The molecule has 0 aromatic heterocycles. The third kappa shape index (κ3) is 8.11. The van der Waals surface area contributed by atoms with Gasteiger partial charge in [0.05, 0.1) is 13.7 Å². The number of carbonyl (C=O) groups is 1. The molecule has 0 heterocycles. The number of halogens is 3. The highest BCUT2D eigenvalue weighted by Crippen LogP contribution is 2.39. The quantitative estimate of drug-likeness (QED) is 0.329. The van der Waals surface area contributed by atoms with E-state index in [9.17, 15) is 28.2 Å². The largest absolute Gasteiger partial charge is 0.496 e. The van der Waals surface area contributed by atoms with Crippen LogP contribution in [0.25, 0.3) is 11.1 Å². The molecule has 0 spiro atoms. The van der Waals surface area contributed by atoms with Crippen molar-refractivity contribution >= 4 is 11.6 Å². The van der Waals surface area contributed by atoms with Crippen LogP contribution in [0.3, 0.4) is 0 Å². The van der Waals surface area contributed by atoms with E-state index in [4.69, 9.17) is 4.74 Å². The minimum absolute atomic E-state index is 0.0224. The zero-order valence-electron chi connectivity index (χ0n) is 19.2. The molecule has 182 valence electrons. The molecule has 0 aliphatic heterocycles. The molecule has 0 saturated carbocycles. The Hall–Kier alpha value is -3.04. The maximum absolute atomic E-state index is 12.5. The molecule has 33 heavy (non-hydrogen) atoms. The van der Waals surface area contributed by atoms with Gasteiger partial charge in [-0.25, -0.2) is 0 Å². The summed E-state index contributed by atoms with van der Waals surface area (Å²) in [6.45, 7) is 8.83. The normalized spacial score (nSPS) is 11.7. The molecule has 0 radical (unpaired) electrons. The molecule has 0 bridgehead atoms. The van der Waals surface area contributed by atoms with Crippen molar-refractivity contribution in [2.24, 2.45) is 0 Å². The monoisotopic (exact) mass is 468 g/mol. The highest BCUT2D eigenvalue weighted by Gasteiger charge is 2.27. The Morgan fingerprint density at radius 3 is 2.27 bits per heavy atom. The summed E-state index contributed by atoms with van der Waals surface area (Å²) in [7, 11) is 1.40. The molecular weight excluding hydrogens is 437 g/mol. The number of carbonyl (C=O) groups excluding carboxylic acids is 1. The first-order valence-corrected chi connectivity index (χ1v) is 10.4. The average molecular weight is 469 g/mol. The van der Waals surface area contributed by atoms with E-state index in [-0.39, 0.29) is 12.2 Å².